The van der Waals surface area contributed by atoms with Gasteiger partial charge in [-0.2, -0.15) is 0 Å². The second-order valence-electron chi connectivity index (χ2n) is 4.65. The molecule has 6 heteroatoms. The van der Waals surface area contributed by atoms with Crippen molar-refractivity contribution in [2.45, 2.75) is 11.8 Å². The van der Waals surface area contributed by atoms with Crippen molar-refractivity contribution in [1.82, 2.24) is 0 Å². The largest absolute Gasteiger partial charge is 0.315 e. The number of likely N-dealkylation sites (N-methyl/N-ethyl adjacent to an activating group) is 1. The molecular formula is C14H10Br2ClNOS. The molecule has 1 amide bonds. The SMILES string of the molecule is CN1C(=O)Cc2cc(C(Cl)c3cc(Br)c(Br)s3)ccc21. The van der Waals surface area contributed by atoms with Crippen molar-refractivity contribution >= 4 is 66.4 Å². The van der Waals surface area contributed by atoms with Crippen molar-refractivity contribution in [3.63, 3.8) is 0 Å². The Balaban J connectivity index is 1.96. The number of amides is 1. The minimum absolute atomic E-state index is 0.130. The first-order valence-electron chi connectivity index (χ1n) is 5.95. The van der Waals surface area contributed by atoms with Gasteiger partial charge < -0.3 is 4.90 Å². The minimum atomic E-state index is -0.200. The summed E-state index contributed by atoms with van der Waals surface area (Å²) in [5.41, 5.74) is 3.06. The Kier molecular flexibility index (Phi) is 3.97. The van der Waals surface area contributed by atoms with Crippen LogP contribution < -0.4 is 4.90 Å². The van der Waals surface area contributed by atoms with E-state index >= 15 is 0 Å². The molecule has 1 aliphatic rings. The zero-order chi connectivity index (χ0) is 14.4. The predicted molar refractivity (Wildman–Crippen MR) is 91.0 cm³/mol. The van der Waals surface area contributed by atoms with Crippen molar-refractivity contribution < 1.29 is 4.79 Å². The van der Waals surface area contributed by atoms with Gasteiger partial charge in [0.25, 0.3) is 0 Å². The number of carbonyl (C=O) groups is 1. The Morgan fingerprint density at radius 1 is 1.35 bits per heavy atom. The zero-order valence-electron chi connectivity index (χ0n) is 10.5. The Morgan fingerprint density at radius 3 is 2.75 bits per heavy atom. The third-order valence-electron chi connectivity index (χ3n) is 3.39. The van der Waals surface area contributed by atoms with Gasteiger partial charge in [0.05, 0.1) is 15.6 Å². The summed E-state index contributed by atoms with van der Waals surface area (Å²) in [4.78, 5) is 14.5. The molecule has 104 valence electrons. The number of carbonyl (C=O) groups excluding carboxylic acids is 1. The molecule has 1 aromatic heterocycles. The van der Waals surface area contributed by atoms with Crippen molar-refractivity contribution in [3.05, 3.63) is 48.5 Å². The number of rotatable bonds is 2. The molecule has 2 aromatic rings. The zero-order valence-corrected chi connectivity index (χ0v) is 15.2. The van der Waals surface area contributed by atoms with Crippen LogP contribution in [0.1, 0.15) is 21.4 Å². The van der Waals surface area contributed by atoms with Gasteiger partial charge in [-0.05, 0) is 55.1 Å². The predicted octanol–water partition coefficient (Wildman–Crippen LogP) is 5.12. The lowest BCUT2D eigenvalue weighted by molar-refractivity contribution is -0.117. The monoisotopic (exact) mass is 433 g/mol. The van der Waals surface area contributed by atoms with Crippen LogP contribution in [0.15, 0.2) is 32.5 Å². The molecule has 20 heavy (non-hydrogen) atoms. The van der Waals surface area contributed by atoms with Crippen LogP contribution >= 0.6 is 54.8 Å². The van der Waals surface area contributed by atoms with Crippen LogP contribution in [0.2, 0.25) is 0 Å². The summed E-state index contributed by atoms with van der Waals surface area (Å²) < 4.78 is 2.05. The van der Waals surface area contributed by atoms with Crippen LogP contribution in [0.3, 0.4) is 0 Å². The van der Waals surface area contributed by atoms with Crippen LogP contribution in [-0.2, 0) is 11.2 Å². The van der Waals surface area contributed by atoms with Crippen LogP contribution in [0.4, 0.5) is 5.69 Å². The highest BCUT2D eigenvalue weighted by Crippen LogP contribution is 2.41. The van der Waals surface area contributed by atoms with Gasteiger partial charge in [0.2, 0.25) is 5.91 Å². The van der Waals surface area contributed by atoms with E-state index in [0.29, 0.717) is 6.42 Å². The standard InChI is InChI=1S/C14H10Br2ClNOS/c1-18-10-3-2-7(4-8(10)5-12(18)19)13(17)11-6-9(15)14(16)20-11/h2-4,6,13H,5H2,1H3. The Morgan fingerprint density at radius 2 is 2.10 bits per heavy atom. The lowest BCUT2D eigenvalue weighted by Crippen LogP contribution is -2.20. The van der Waals surface area contributed by atoms with Gasteiger partial charge >= 0.3 is 0 Å². The maximum absolute atomic E-state index is 11.7. The Labute approximate surface area is 143 Å². The highest BCUT2D eigenvalue weighted by atomic mass is 79.9. The number of nitrogens with zero attached hydrogens (tertiary/aromatic N) is 1. The molecule has 0 saturated heterocycles. The molecule has 3 rings (SSSR count). The van der Waals surface area contributed by atoms with Crippen molar-refractivity contribution in [2.75, 3.05) is 11.9 Å². The first-order chi connectivity index (χ1) is 9.47. The van der Waals surface area contributed by atoms with Crippen molar-refractivity contribution in [2.24, 2.45) is 0 Å². The van der Waals surface area contributed by atoms with Gasteiger partial charge in [-0.25, -0.2) is 0 Å². The average molecular weight is 436 g/mol. The quantitative estimate of drug-likeness (QED) is 0.600. The van der Waals surface area contributed by atoms with Gasteiger partial charge in [0.1, 0.15) is 0 Å². The lowest BCUT2D eigenvalue weighted by Gasteiger charge is -2.12. The second-order valence-corrected chi connectivity index (χ2v) is 8.34. The van der Waals surface area contributed by atoms with Gasteiger partial charge in [-0.15, -0.1) is 22.9 Å². The number of thiophene rings is 1. The Hall–Kier alpha value is -0.360. The van der Waals surface area contributed by atoms with Gasteiger partial charge in [0.15, 0.2) is 0 Å². The third kappa shape index (κ3) is 2.45. The fourth-order valence-electron chi connectivity index (χ4n) is 2.30. The molecule has 1 aromatic carbocycles. The van der Waals surface area contributed by atoms with Crippen molar-refractivity contribution in [3.8, 4) is 0 Å². The van der Waals surface area contributed by atoms with Gasteiger partial charge in [0, 0.05) is 22.1 Å². The highest BCUT2D eigenvalue weighted by Gasteiger charge is 2.25. The molecule has 0 saturated carbocycles. The van der Waals surface area contributed by atoms with E-state index < -0.39 is 0 Å². The van der Waals surface area contributed by atoms with E-state index in [2.05, 4.69) is 31.9 Å². The van der Waals surface area contributed by atoms with E-state index in [1.807, 2.05) is 24.3 Å². The Bertz CT molecular complexity index is 681. The molecule has 1 unspecified atom stereocenters. The molecular weight excluding hydrogens is 425 g/mol. The first kappa shape index (κ1) is 14.6. The molecule has 0 bridgehead atoms. The number of benzene rings is 1. The number of halogens is 3. The number of hydrogen-bond donors (Lipinski definition) is 0. The fraction of sp³-hybridized carbons (Fsp3) is 0.214. The van der Waals surface area contributed by atoms with Crippen LogP contribution in [-0.4, -0.2) is 13.0 Å². The number of alkyl halides is 1. The van der Waals surface area contributed by atoms with Gasteiger partial charge in [-0.3, -0.25) is 4.79 Å². The molecule has 0 radical (unpaired) electrons. The fourth-order valence-corrected chi connectivity index (χ4v) is 4.73. The van der Waals surface area contributed by atoms with Crippen LogP contribution in [0, 0.1) is 0 Å². The normalized spacial score (nSPS) is 15.6. The lowest BCUT2D eigenvalue weighted by atomic mass is 10.0. The molecule has 0 N–H and O–H groups in total. The molecule has 0 spiro atoms. The van der Waals surface area contributed by atoms with E-state index in [1.165, 1.54) is 0 Å². The maximum Gasteiger partial charge on any atom is 0.231 e. The number of anilines is 1. The molecule has 1 atom stereocenters. The van der Waals surface area contributed by atoms with E-state index in [0.717, 1.165) is 30.0 Å². The van der Waals surface area contributed by atoms with Crippen LogP contribution in [0.25, 0.3) is 0 Å². The van der Waals surface area contributed by atoms with Crippen LogP contribution in [0.5, 0.6) is 0 Å². The van der Waals surface area contributed by atoms with E-state index in [4.69, 9.17) is 11.6 Å². The maximum atomic E-state index is 11.7. The second kappa shape index (κ2) is 5.44. The summed E-state index contributed by atoms with van der Waals surface area (Å²) in [6.45, 7) is 0. The summed E-state index contributed by atoms with van der Waals surface area (Å²) in [7, 11) is 1.81. The number of fused-ring (bicyclic) bond motifs is 1. The smallest absolute Gasteiger partial charge is 0.231 e. The highest BCUT2D eigenvalue weighted by molar-refractivity contribution is 9.13. The topological polar surface area (TPSA) is 20.3 Å². The summed E-state index contributed by atoms with van der Waals surface area (Å²) in [5, 5.41) is -0.200. The summed E-state index contributed by atoms with van der Waals surface area (Å²) in [5.74, 6) is 0.130. The molecule has 1 aliphatic heterocycles. The number of hydrogen-bond acceptors (Lipinski definition) is 2. The van der Waals surface area contributed by atoms with Gasteiger partial charge in [-0.1, -0.05) is 12.1 Å². The molecule has 2 heterocycles. The molecule has 0 fully saturated rings. The summed E-state index contributed by atoms with van der Waals surface area (Å²) in [6.07, 6.45) is 0.459. The van der Waals surface area contributed by atoms with E-state index in [1.54, 1.807) is 23.3 Å². The van der Waals surface area contributed by atoms with Crippen molar-refractivity contribution in [1.29, 1.82) is 0 Å². The minimum Gasteiger partial charge on any atom is -0.315 e. The first-order valence-corrected chi connectivity index (χ1v) is 8.79. The third-order valence-corrected chi connectivity index (χ3v) is 7.32. The summed E-state index contributed by atoms with van der Waals surface area (Å²) >= 11 is 15.1. The van der Waals surface area contributed by atoms with E-state index in [-0.39, 0.29) is 11.3 Å². The molecule has 2 nitrogen and oxygen atoms in total. The summed E-state index contributed by atoms with van der Waals surface area (Å²) in [6, 6.07) is 8.03. The average Bonchev–Trinajstić information content (AvgIpc) is 2.90. The van der Waals surface area contributed by atoms with E-state index in [9.17, 15) is 4.79 Å². The molecule has 0 aliphatic carbocycles.